The van der Waals surface area contributed by atoms with Gasteiger partial charge < -0.3 is 24.8 Å². The van der Waals surface area contributed by atoms with Gasteiger partial charge in [0.1, 0.15) is 12.4 Å². The van der Waals surface area contributed by atoms with E-state index in [1.165, 1.54) is 19.2 Å². The molecule has 200 valence electrons. The van der Waals surface area contributed by atoms with E-state index in [-0.39, 0.29) is 30.4 Å². The molecule has 2 N–H and O–H groups in total. The van der Waals surface area contributed by atoms with Gasteiger partial charge in [0.2, 0.25) is 5.91 Å². The topological polar surface area (TPSA) is 71.4 Å². The van der Waals surface area contributed by atoms with Crippen molar-refractivity contribution in [1.29, 1.82) is 0 Å². The molecule has 0 unspecified atom stereocenters. The van der Waals surface area contributed by atoms with E-state index in [2.05, 4.69) is 31.2 Å². The van der Waals surface area contributed by atoms with Crippen molar-refractivity contribution in [3.05, 3.63) is 107 Å². The van der Waals surface area contributed by atoms with Crippen LogP contribution in [-0.4, -0.2) is 34.3 Å². The molecule has 0 spiro atoms. The molecule has 4 aromatic rings. The third-order valence-corrected chi connectivity index (χ3v) is 7.31. The summed E-state index contributed by atoms with van der Waals surface area (Å²) in [6.45, 7) is 5.99. The van der Waals surface area contributed by atoms with Crippen molar-refractivity contribution in [2.45, 2.75) is 32.9 Å². The Kier molecular flexibility index (Phi) is 7.45. The number of methoxy groups -OCH3 is 1. The van der Waals surface area contributed by atoms with Crippen LogP contribution in [0.1, 0.15) is 40.3 Å². The van der Waals surface area contributed by atoms with Gasteiger partial charge in [-0.2, -0.15) is 0 Å². The Labute approximate surface area is 232 Å². The maximum Gasteiger partial charge on any atom is 0.250 e. The highest BCUT2D eigenvalue weighted by Gasteiger charge is 2.42. The van der Waals surface area contributed by atoms with E-state index in [1.807, 2.05) is 63.2 Å². The molecular formula is C30H30FN5O2S. The zero-order chi connectivity index (χ0) is 27.7. The number of rotatable bonds is 7. The first-order valence-electron chi connectivity index (χ1n) is 12.6. The highest BCUT2D eigenvalue weighted by molar-refractivity contribution is 7.80. The van der Waals surface area contributed by atoms with Gasteiger partial charge in [0.05, 0.1) is 17.8 Å². The number of thiocarbonyl (C=S) groups is 1. The summed E-state index contributed by atoms with van der Waals surface area (Å²) in [7, 11) is 1.49. The normalized spacial score (nSPS) is 16.8. The van der Waals surface area contributed by atoms with Gasteiger partial charge in [0.15, 0.2) is 5.11 Å². The Balaban J connectivity index is 1.61. The SMILES string of the molecule is COCC(=O)Nc1ccc(N2C(=S)N[C@@H](c3ccccn3)[C@@H]2c2cc(C)n(-c3cccc(F)c3)c2C)cc1C. The average Bonchev–Trinajstić information content (AvgIpc) is 3.40. The van der Waals surface area contributed by atoms with Crippen molar-refractivity contribution < 1.29 is 13.9 Å². The van der Waals surface area contributed by atoms with Crippen molar-refractivity contribution in [2.24, 2.45) is 0 Å². The first kappa shape index (κ1) is 26.5. The van der Waals surface area contributed by atoms with E-state index < -0.39 is 0 Å². The number of anilines is 2. The van der Waals surface area contributed by atoms with Gasteiger partial charge >= 0.3 is 0 Å². The number of carbonyl (C=O) groups is 1. The summed E-state index contributed by atoms with van der Waals surface area (Å²) in [5, 5.41) is 6.95. The van der Waals surface area contributed by atoms with Gasteiger partial charge in [-0.3, -0.25) is 9.78 Å². The highest BCUT2D eigenvalue weighted by Crippen LogP contribution is 2.44. The van der Waals surface area contributed by atoms with E-state index in [1.54, 1.807) is 12.3 Å². The molecule has 0 saturated carbocycles. The van der Waals surface area contributed by atoms with Crippen LogP contribution in [0.25, 0.3) is 5.69 Å². The van der Waals surface area contributed by atoms with Crippen molar-refractivity contribution in [3.8, 4) is 5.69 Å². The molecule has 0 bridgehead atoms. The number of ether oxygens (including phenoxy) is 1. The second kappa shape index (κ2) is 11.0. The molecule has 1 saturated heterocycles. The summed E-state index contributed by atoms with van der Waals surface area (Å²) >= 11 is 5.90. The van der Waals surface area contributed by atoms with Crippen molar-refractivity contribution >= 4 is 34.6 Å². The number of amides is 1. The van der Waals surface area contributed by atoms with Crippen LogP contribution >= 0.6 is 12.2 Å². The van der Waals surface area contributed by atoms with Gasteiger partial charge in [0, 0.05) is 41.8 Å². The number of nitrogens with zero attached hydrogens (tertiary/aromatic N) is 3. The van der Waals surface area contributed by atoms with Gasteiger partial charge in [0.25, 0.3) is 0 Å². The number of halogens is 1. The summed E-state index contributed by atoms with van der Waals surface area (Å²) in [6.07, 6.45) is 1.78. The summed E-state index contributed by atoms with van der Waals surface area (Å²) in [5.41, 5.74) is 7.13. The number of carbonyl (C=O) groups excluding carboxylic acids is 1. The lowest BCUT2D eigenvalue weighted by Gasteiger charge is -2.29. The minimum Gasteiger partial charge on any atom is -0.375 e. The van der Waals surface area contributed by atoms with E-state index in [0.29, 0.717) is 10.8 Å². The molecule has 1 aliphatic heterocycles. The fourth-order valence-corrected chi connectivity index (χ4v) is 5.65. The molecule has 7 nitrogen and oxygen atoms in total. The number of hydrogen-bond acceptors (Lipinski definition) is 4. The van der Waals surface area contributed by atoms with Gasteiger partial charge in [-0.25, -0.2) is 4.39 Å². The number of hydrogen-bond donors (Lipinski definition) is 2. The summed E-state index contributed by atoms with van der Waals surface area (Å²) in [5.74, 6) is -0.504. The Morgan fingerprint density at radius 3 is 2.59 bits per heavy atom. The average molecular weight is 544 g/mol. The molecule has 0 aliphatic carbocycles. The molecule has 2 aromatic carbocycles. The Bertz CT molecular complexity index is 1540. The number of pyridine rings is 1. The van der Waals surface area contributed by atoms with E-state index >= 15 is 0 Å². The first-order chi connectivity index (χ1) is 18.8. The van der Waals surface area contributed by atoms with E-state index in [9.17, 15) is 9.18 Å². The van der Waals surface area contributed by atoms with Crippen LogP contribution in [-0.2, 0) is 9.53 Å². The molecule has 5 rings (SSSR count). The van der Waals surface area contributed by atoms with E-state index in [0.717, 1.165) is 39.6 Å². The Morgan fingerprint density at radius 2 is 1.90 bits per heavy atom. The molecule has 0 radical (unpaired) electrons. The predicted octanol–water partition coefficient (Wildman–Crippen LogP) is 5.70. The Hall–Kier alpha value is -4.08. The summed E-state index contributed by atoms with van der Waals surface area (Å²) in [4.78, 5) is 18.8. The largest absolute Gasteiger partial charge is 0.375 e. The quantitative estimate of drug-likeness (QED) is 0.292. The zero-order valence-corrected chi connectivity index (χ0v) is 23.1. The van der Waals surface area contributed by atoms with Crippen molar-refractivity contribution in [2.75, 3.05) is 23.9 Å². The molecule has 1 fully saturated rings. The fourth-order valence-electron chi connectivity index (χ4n) is 5.30. The number of aryl methyl sites for hydroxylation is 2. The maximum absolute atomic E-state index is 14.1. The molecule has 1 aliphatic rings. The van der Waals surface area contributed by atoms with Crippen LogP contribution in [0.2, 0.25) is 0 Å². The van der Waals surface area contributed by atoms with Crippen LogP contribution < -0.4 is 15.5 Å². The van der Waals surface area contributed by atoms with Crippen LogP contribution in [0.3, 0.4) is 0 Å². The predicted molar refractivity (Wildman–Crippen MR) is 155 cm³/mol. The first-order valence-corrected chi connectivity index (χ1v) is 13.0. The number of aromatic nitrogens is 2. The van der Waals surface area contributed by atoms with Crippen LogP contribution in [0.15, 0.2) is 72.9 Å². The summed E-state index contributed by atoms with van der Waals surface area (Å²) in [6, 6.07) is 20.0. The third-order valence-electron chi connectivity index (χ3n) is 6.99. The van der Waals surface area contributed by atoms with Gasteiger partial charge in [-0.15, -0.1) is 0 Å². The van der Waals surface area contributed by atoms with Crippen LogP contribution in [0, 0.1) is 26.6 Å². The lowest BCUT2D eigenvalue weighted by atomic mass is 9.96. The standard InChI is InChI=1S/C30H30FN5O2S/c1-18-14-23(11-12-25(18)33-27(37)17-38-4)36-29(28(34-30(36)39)26-10-5-6-13-32-26)24-15-19(2)35(20(24)3)22-9-7-8-21(31)16-22/h5-16,28-29H,17H2,1-4H3,(H,33,37)(H,34,39)/t28-,29-/m0/s1. The van der Waals surface area contributed by atoms with Crippen LogP contribution in [0.5, 0.6) is 0 Å². The summed E-state index contributed by atoms with van der Waals surface area (Å²) < 4.78 is 21.1. The lowest BCUT2D eigenvalue weighted by Crippen LogP contribution is -2.29. The highest BCUT2D eigenvalue weighted by atomic mass is 32.1. The molecule has 9 heteroatoms. The minimum absolute atomic E-state index is 0.0178. The van der Waals surface area contributed by atoms with Gasteiger partial charge in [-0.05, 0) is 98.7 Å². The molecule has 2 aromatic heterocycles. The van der Waals surface area contributed by atoms with Crippen molar-refractivity contribution in [3.63, 3.8) is 0 Å². The molecule has 39 heavy (non-hydrogen) atoms. The second-order valence-corrected chi connectivity index (χ2v) is 10.0. The lowest BCUT2D eigenvalue weighted by molar-refractivity contribution is -0.119. The monoisotopic (exact) mass is 543 g/mol. The Morgan fingerprint density at radius 1 is 1.08 bits per heavy atom. The fraction of sp³-hybridized carbons (Fsp3) is 0.233. The third kappa shape index (κ3) is 5.15. The molecular weight excluding hydrogens is 513 g/mol. The van der Waals surface area contributed by atoms with Crippen molar-refractivity contribution in [1.82, 2.24) is 14.9 Å². The zero-order valence-electron chi connectivity index (χ0n) is 22.2. The smallest absolute Gasteiger partial charge is 0.250 e. The molecule has 3 heterocycles. The van der Waals surface area contributed by atoms with E-state index in [4.69, 9.17) is 17.0 Å². The minimum atomic E-state index is -0.286. The number of nitrogens with one attached hydrogen (secondary N) is 2. The second-order valence-electron chi connectivity index (χ2n) is 9.62. The van der Waals surface area contributed by atoms with Gasteiger partial charge in [-0.1, -0.05) is 12.1 Å². The maximum atomic E-state index is 14.1. The molecule has 1 amide bonds. The van der Waals surface area contributed by atoms with Crippen LogP contribution in [0.4, 0.5) is 15.8 Å². The molecule has 2 atom stereocenters. The number of benzene rings is 2.